The molecule has 30 heavy (non-hydrogen) atoms. The van der Waals surface area contributed by atoms with Crippen LogP contribution < -0.4 is 15.8 Å². The molecule has 1 amide bonds. The minimum atomic E-state index is -0.451. The van der Waals surface area contributed by atoms with E-state index >= 15 is 0 Å². The van der Waals surface area contributed by atoms with Gasteiger partial charge in [-0.3, -0.25) is 10.1 Å². The third-order valence-electron chi connectivity index (χ3n) is 4.02. The van der Waals surface area contributed by atoms with E-state index in [1.165, 1.54) is 24.3 Å². The van der Waals surface area contributed by atoms with E-state index in [-0.39, 0.29) is 17.8 Å². The average Bonchev–Trinajstić information content (AvgIpc) is 3.21. The van der Waals surface area contributed by atoms with Gasteiger partial charge in [-0.05, 0) is 18.6 Å². The predicted octanol–water partition coefficient (Wildman–Crippen LogP) is 3.03. The SMILES string of the molecule is CC[C@@H](Sc1nc(N)nc2nc[nH]c12)C(=O)Nc1nccc(Oc2ccccc2)n1. The molecule has 0 saturated heterocycles. The summed E-state index contributed by atoms with van der Waals surface area (Å²) in [4.78, 5) is 36.6. The number of para-hydroxylation sites is 1. The molecule has 0 aliphatic heterocycles. The highest BCUT2D eigenvalue weighted by atomic mass is 32.2. The molecule has 4 rings (SSSR count). The monoisotopic (exact) mass is 422 g/mol. The van der Waals surface area contributed by atoms with Crippen LogP contribution in [-0.2, 0) is 4.79 Å². The first kappa shape index (κ1) is 19.6. The first-order valence-electron chi connectivity index (χ1n) is 9.12. The lowest BCUT2D eigenvalue weighted by Crippen LogP contribution is -2.25. The number of nitrogens with zero attached hydrogens (tertiary/aromatic N) is 5. The van der Waals surface area contributed by atoms with E-state index in [0.29, 0.717) is 34.2 Å². The van der Waals surface area contributed by atoms with Crippen LogP contribution in [0.1, 0.15) is 13.3 Å². The van der Waals surface area contributed by atoms with Gasteiger partial charge in [0, 0.05) is 12.3 Å². The number of amides is 1. The van der Waals surface area contributed by atoms with Crippen LogP contribution >= 0.6 is 11.8 Å². The van der Waals surface area contributed by atoms with Crippen LogP contribution in [0.2, 0.25) is 0 Å². The molecule has 0 unspecified atom stereocenters. The largest absolute Gasteiger partial charge is 0.439 e. The Morgan fingerprint density at radius 2 is 2.03 bits per heavy atom. The number of hydrogen-bond acceptors (Lipinski definition) is 9. The molecule has 4 aromatic rings. The summed E-state index contributed by atoms with van der Waals surface area (Å²) in [7, 11) is 0. The highest BCUT2D eigenvalue weighted by Crippen LogP contribution is 2.29. The van der Waals surface area contributed by atoms with Gasteiger partial charge in [-0.15, -0.1) is 0 Å². The topological polar surface area (TPSA) is 145 Å². The minimum absolute atomic E-state index is 0.0986. The summed E-state index contributed by atoms with van der Waals surface area (Å²) in [6, 6.07) is 10.9. The van der Waals surface area contributed by atoms with Crippen molar-refractivity contribution in [2.75, 3.05) is 11.1 Å². The van der Waals surface area contributed by atoms with Gasteiger partial charge in [0.1, 0.15) is 16.3 Å². The molecule has 1 atom stereocenters. The molecule has 0 fully saturated rings. The number of aromatic amines is 1. The molecule has 1 aromatic carbocycles. The fourth-order valence-corrected chi connectivity index (χ4v) is 3.64. The van der Waals surface area contributed by atoms with Gasteiger partial charge in [0.2, 0.25) is 23.7 Å². The average molecular weight is 422 g/mol. The Kier molecular flexibility index (Phi) is 5.70. The maximum Gasteiger partial charge on any atom is 0.240 e. The first-order chi connectivity index (χ1) is 14.6. The van der Waals surface area contributed by atoms with Gasteiger partial charge in [-0.1, -0.05) is 36.9 Å². The summed E-state index contributed by atoms with van der Waals surface area (Å²) in [5, 5.41) is 2.84. The van der Waals surface area contributed by atoms with E-state index in [1.54, 1.807) is 6.07 Å². The molecular weight excluding hydrogens is 404 g/mol. The molecule has 4 N–H and O–H groups in total. The number of thioether (sulfide) groups is 1. The van der Waals surface area contributed by atoms with Gasteiger partial charge < -0.3 is 15.5 Å². The number of fused-ring (bicyclic) bond motifs is 1. The molecule has 0 aliphatic rings. The van der Waals surface area contributed by atoms with Crippen LogP contribution in [0.4, 0.5) is 11.9 Å². The highest BCUT2D eigenvalue weighted by Gasteiger charge is 2.22. The zero-order chi connectivity index (χ0) is 20.9. The van der Waals surface area contributed by atoms with E-state index in [9.17, 15) is 4.79 Å². The molecule has 0 aliphatic carbocycles. The molecule has 11 heteroatoms. The van der Waals surface area contributed by atoms with Crippen molar-refractivity contribution in [2.45, 2.75) is 23.6 Å². The second kappa shape index (κ2) is 8.74. The number of ether oxygens (including phenoxy) is 1. The summed E-state index contributed by atoms with van der Waals surface area (Å²) >= 11 is 1.27. The summed E-state index contributed by atoms with van der Waals surface area (Å²) in [5.74, 6) is 0.961. The summed E-state index contributed by atoms with van der Waals surface area (Å²) < 4.78 is 5.69. The number of imidazole rings is 1. The van der Waals surface area contributed by atoms with Crippen LogP contribution in [0.15, 0.2) is 53.9 Å². The van der Waals surface area contributed by atoms with Gasteiger partial charge in [0.15, 0.2) is 5.65 Å². The van der Waals surface area contributed by atoms with Crippen molar-refractivity contribution in [3.63, 3.8) is 0 Å². The highest BCUT2D eigenvalue weighted by molar-refractivity contribution is 8.00. The lowest BCUT2D eigenvalue weighted by Gasteiger charge is -2.14. The number of carbonyl (C=O) groups is 1. The third-order valence-corrected chi connectivity index (χ3v) is 5.37. The summed E-state index contributed by atoms with van der Waals surface area (Å²) in [6.07, 6.45) is 3.58. The van der Waals surface area contributed by atoms with Crippen molar-refractivity contribution < 1.29 is 9.53 Å². The van der Waals surface area contributed by atoms with E-state index in [0.717, 1.165) is 0 Å². The maximum absolute atomic E-state index is 12.8. The normalized spacial score (nSPS) is 11.9. The molecule has 0 bridgehead atoms. The van der Waals surface area contributed by atoms with Gasteiger partial charge in [-0.25, -0.2) is 15.0 Å². The van der Waals surface area contributed by atoms with Crippen LogP contribution in [0.3, 0.4) is 0 Å². The Morgan fingerprint density at radius 1 is 1.20 bits per heavy atom. The van der Waals surface area contributed by atoms with E-state index in [1.807, 2.05) is 37.3 Å². The minimum Gasteiger partial charge on any atom is -0.439 e. The number of nitrogens with one attached hydrogen (secondary N) is 2. The van der Waals surface area contributed by atoms with Crippen molar-refractivity contribution in [1.29, 1.82) is 0 Å². The number of nitrogen functional groups attached to an aromatic ring is 1. The Labute approximate surface area is 175 Å². The molecule has 3 heterocycles. The molecule has 3 aromatic heterocycles. The van der Waals surface area contributed by atoms with Gasteiger partial charge in [0.25, 0.3) is 0 Å². The van der Waals surface area contributed by atoms with Crippen LogP contribution in [0.5, 0.6) is 11.6 Å². The van der Waals surface area contributed by atoms with Crippen molar-refractivity contribution in [1.82, 2.24) is 29.9 Å². The number of H-pyrrole nitrogens is 1. The molecule has 0 spiro atoms. The fourth-order valence-electron chi connectivity index (χ4n) is 2.62. The second-order valence-electron chi connectivity index (χ2n) is 6.13. The summed E-state index contributed by atoms with van der Waals surface area (Å²) in [5.41, 5.74) is 6.84. The number of hydrogen-bond donors (Lipinski definition) is 3. The zero-order valence-corrected chi connectivity index (χ0v) is 16.8. The van der Waals surface area contributed by atoms with E-state index < -0.39 is 5.25 Å². The Morgan fingerprint density at radius 3 is 2.83 bits per heavy atom. The zero-order valence-electron chi connectivity index (χ0n) is 15.9. The molecular formula is C19H18N8O2S. The number of anilines is 2. The number of carbonyl (C=O) groups excluding carboxylic acids is 1. The Hall–Kier alpha value is -3.73. The Bertz CT molecular complexity index is 1170. The lowest BCUT2D eigenvalue weighted by atomic mass is 10.3. The number of nitrogens with two attached hydrogens (primary N) is 1. The maximum atomic E-state index is 12.8. The van der Waals surface area contributed by atoms with Crippen molar-refractivity contribution in [3.05, 3.63) is 48.9 Å². The van der Waals surface area contributed by atoms with E-state index in [4.69, 9.17) is 10.5 Å². The number of rotatable bonds is 7. The van der Waals surface area contributed by atoms with Gasteiger partial charge in [-0.2, -0.15) is 9.97 Å². The van der Waals surface area contributed by atoms with E-state index in [2.05, 4.69) is 35.2 Å². The van der Waals surface area contributed by atoms with Gasteiger partial charge in [0.05, 0.1) is 11.6 Å². The number of benzene rings is 1. The number of aromatic nitrogens is 6. The standard InChI is InChI=1S/C19H18N8O2S/c1-2-12(30-17-14-15(23-10-22-14)25-18(20)27-17)16(28)26-19-21-9-8-13(24-19)29-11-6-4-3-5-7-11/h3-10,12H,2H2,1H3,(H,21,24,26,28)(H3,20,22,23,25,27)/t12-/m1/s1. The van der Waals surface area contributed by atoms with Crippen molar-refractivity contribution >= 4 is 40.7 Å². The van der Waals surface area contributed by atoms with Crippen LogP contribution in [0, 0.1) is 0 Å². The molecule has 152 valence electrons. The van der Waals surface area contributed by atoms with Crippen LogP contribution in [0.25, 0.3) is 11.2 Å². The molecule has 0 radical (unpaired) electrons. The molecule has 0 saturated carbocycles. The Balaban J connectivity index is 1.48. The fraction of sp³-hybridized carbons (Fsp3) is 0.158. The second-order valence-corrected chi connectivity index (χ2v) is 7.32. The predicted molar refractivity (Wildman–Crippen MR) is 113 cm³/mol. The van der Waals surface area contributed by atoms with Crippen molar-refractivity contribution in [2.24, 2.45) is 0 Å². The van der Waals surface area contributed by atoms with Crippen molar-refractivity contribution in [3.8, 4) is 11.6 Å². The smallest absolute Gasteiger partial charge is 0.240 e. The summed E-state index contributed by atoms with van der Waals surface area (Å²) in [6.45, 7) is 1.90. The molecule has 10 nitrogen and oxygen atoms in total. The first-order valence-corrected chi connectivity index (χ1v) is 10.0. The quantitative estimate of drug-likeness (QED) is 0.302. The van der Waals surface area contributed by atoms with Crippen LogP contribution in [-0.4, -0.2) is 41.1 Å². The third kappa shape index (κ3) is 4.46. The lowest BCUT2D eigenvalue weighted by molar-refractivity contribution is -0.115. The van der Waals surface area contributed by atoms with Gasteiger partial charge >= 0.3 is 0 Å².